The Kier molecular flexibility index (Phi) is 9.31. The molecule has 0 radical (unpaired) electrons. The Hall–Kier alpha value is -3.54. The van der Waals surface area contributed by atoms with Gasteiger partial charge in [-0.2, -0.15) is 0 Å². The summed E-state index contributed by atoms with van der Waals surface area (Å²) in [6, 6.07) is 0. The van der Waals surface area contributed by atoms with E-state index in [0.717, 1.165) is 0 Å². The van der Waals surface area contributed by atoms with E-state index in [1.54, 1.807) is 0 Å². The van der Waals surface area contributed by atoms with Crippen LogP contribution in [0, 0.1) is 0 Å². The van der Waals surface area contributed by atoms with E-state index in [1.807, 2.05) is 0 Å². The van der Waals surface area contributed by atoms with E-state index in [2.05, 4.69) is 30.6 Å². The number of nitrogens with two attached hydrogens (primary N) is 4. The minimum Gasteiger partial charge on any atom is -0.391 e. The van der Waals surface area contributed by atoms with Crippen molar-refractivity contribution in [1.29, 1.82) is 0 Å². The largest absolute Gasteiger partial charge is 0.391 e. The Labute approximate surface area is 231 Å². The second-order valence-corrected chi connectivity index (χ2v) is 9.54. The zero-order valence-electron chi connectivity index (χ0n) is 21.6. The van der Waals surface area contributed by atoms with Crippen LogP contribution in [0.5, 0.6) is 0 Å². The highest BCUT2D eigenvalue weighted by atomic mass is 16.8. The lowest BCUT2D eigenvalue weighted by Crippen LogP contribution is -2.62. The zero-order chi connectivity index (χ0) is 29.9. The van der Waals surface area contributed by atoms with E-state index < -0.39 is 61.4 Å². The molecule has 41 heavy (non-hydrogen) atoms. The number of nitrogens with zero attached hydrogens (tertiary/aromatic N) is 8. The maximum Gasteiger partial charge on any atom is 0.224 e. The van der Waals surface area contributed by atoms with Crippen molar-refractivity contribution in [3.8, 4) is 0 Å². The fraction of sp³-hybridized carbons (Fsp3) is 0.700. The van der Waals surface area contributed by atoms with Gasteiger partial charge in [-0.15, -0.1) is 10.2 Å². The van der Waals surface area contributed by atoms with E-state index in [1.165, 1.54) is 21.8 Å². The fourth-order valence-electron chi connectivity index (χ4n) is 4.35. The maximum atomic E-state index is 10.8. The van der Waals surface area contributed by atoms with Crippen LogP contribution in [-0.4, -0.2) is 134 Å². The molecular weight excluding hydrogens is 552 g/mol. The Morgan fingerprint density at radius 2 is 1.37 bits per heavy atom. The Morgan fingerprint density at radius 3 is 1.88 bits per heavy atom. The number of rotatable bonds is 11. The summed E-state index contributed by atoms with van der Waals surface area (Å²) >= 11 is 0. The summed E-state index contributed by atoms with van der Waals surface area (Å²) in [6.45, 7) is -1.17. The minimum atomic E-state index is -2.29. The van der Waals surface area contributed by atoms with Crippen molar-refractivity contribution in [2.75, 3.05) is 6.61 Å². The number of aliphatic hydroxyl groups is 6. The molecule has 21 nitrogen and oxygen atoms in total. The molecule has 2 aromatic rings. The third kappa shape index (κ3) is 6.86. The molecular formula is C20H34N12O9. The lowest BCUT2D eigenvalue weighted by molar-refractivity contribution is -0.382. The van der Waals surface area contributed by atoms with Gasteiger partial charge in [0.2, 0.25) is 5.79 Å². The summed E-state index contributed by atoms with van der Waals surface area (Å²) in [5.74, 6) is -2.56. The number of hydrogen-bond acceptors (Lipinski definition) is 15. The van der Waals surface area contributed by atoms with Crippen molar-refractivity contribution in [1.82, 2.24) is 30.0 Å². The average Bonchev–Trinajstić information content (AvgIpc) is 3.64. The third-order valence-corrected chi connectivity index (χ3v) is 6.46. The van der Waals surface area contributed by atoms with Crippen molar-refractivity contribution < 1.29 is 44.8 Å². The minimum absolute atomic E-state index is 0.0490. The summed E-state index contributed by atoms with van der Waals surface area (Å²) in [5.41, 5.74) is 22.0. The van der Waals surface area contributed by atoms with Crippen molar-refractivity contribution >= 4 is 11.9 Å². The van der Waals surface area contributed by atoms with Crippen molar-refractivity contribution in [3.05, 3.63) is 23.8 Å². The van der Waals surface area contributed by atoms with Crippen LogP contribution in [0.15, 0.2) is 22.4 Å². The fourth-order valence-corrected chi connectivity index (χ4v) is 4.35. The van der Waals surface area contributed by atoms with E-state index in [4.69, 9.17) is 37.1 Å². The van der Waals surface area contributed by atoms with Crippen LogP contribution >= 0.6 is 0 Å². The molecule has 228 valence electrons. The molecule has 0 aromatic carbocycles. The number of ether oxygens (including phenoxy) is 3. The van der Waals surface area contributed by atoms with Gasteiger partial charge in [0.1, 0.15) is 60.7 Å². The Morgan fingerprint density at radius 1 is 0.829 bits per heavy atom. The van der Waals surface area contributed by atoms with Gasteiger partial charge in [-0.25, -0.2) is 19.3 Å². The standard InChI is InChI=1S/C20H34N12O9/c21-18(22)25-1-8-3-31(29-27-8)5-10-12(34)14(36)15(37)17(39-10)41-20(7-33)16(38)13(35)11(40-20)6-32-4-9(28-30-32)2-26-19(23)24/h3-4,10-17,33-38H,1-2,5-7H2,(H4,21,22,25)(H4,23,24,26)/t10-,11-,12-,13-,14+,15-,16+,17-,20+/m1/s1. The summed E-state index contributed by atoms with van der Waals surface area (Å²) < 4.78 is 19.7. The first-order valence-electron chi connectivity index (χ1n) is 12.3. The monoisotopic (exact) mass is 586 g/mol. The van der Waals surface area contributed by atoms with Crippen molar-refractivity contribution in [2.24, 2.45) is 32.9 Å². The highest BCUT2D eigenvalue weighted by molar-refractivity contribution is 5.75. The molecule has 14 N–H and O–H groups in total. The first-order valence-corrected chi connectivity index (χ1v) is 12.3. The predicted molar refractivity (Wildman–Crippen MR) is 134 cm³/mol. The first-order chi connectivity index (χ1) is 19.4. The molecule has 2 saturated heterocycles. The summed E-state index contributed by atoms with van der Waals surface area (Å²) in [4.78, 5) is 7.64. The van der Waals surface area contributed by atoms with Crippen LogP contribution in [0.2, 0.25) is 0 Å². The van der Waals surface area contributed by atoms with Crippen LogP contribution in [0.3, 0.4) is 0 Å². The van der Waals surface area contributed by atoms with Crippen LogP contribution in [0.25, 0.3) is 0 Å². The number of aliphatic imine (C=N–C) groups is 2. The van der Waals surface area contributed by atoms with E-state index in [0.29, 0.717) is 11.4 Å². The molecule has 0 bridgehead atoms. The van der Waals surface area contributed by atoms with Crippen molar-refractivity contribution in [3.63, 3.8) is 0 Å². The topological polar surface area (TPSA) is 339 Å². The second-order valence-electron chi connectivity index (χ2n) is 9.54. The number of hydrogen-bond donors (Lipinski definition) is 10. The molecule has 0 saturated carbocycles. The number of aliphatic hydroxyl groups excluding tert-OH is 6. The molecule has 0 unspecified atom stereocenters. The average molecular weight is 587 g/mol. The van der Waals surface area contributed by atoms with E-state index in [-0.39, 0.29) is 38.1 Å². The molecule has 2 aliphatic heterocycles. The molecule has 0 spiro atoms. The molecule has 4 heterocycles. The van der Waals surface area contributed by atoms with Gasteiger partial charge in [-0.1, -0.05) is 10.4 Å². The summed E-state index contributed by atoms with van der Waals surface area (Å²) in [7, 11) is 0. The third-order valence-electron chi connectivity index (χ3n) is 6.46. The Bertz CT molecular complexity index is 1220. The Balaban J connectivity index is 1.45. The maximum absolute atomic E-state index is 10.8. The molecule has 4 rings (SSSR count). The molecule has 2 aliphatic rings. The smallest absolute Gasteiger partial charge is 0.224 e. The van der Waals surface area contributed by atoms with Crippen LogP contribution in [0.4, 0.5) is 0 Å². The van der Waals surface area contributed by atoms with Crippen LogP contribution in [-0.2, 0) is 40.4 Å². The predicted octanol–water partition coefficient (Wildman–Crippen LogP) is -7.25. The SMILES string of the molecule is NC(N)=NCc1cn(C[C@H]2O[C@@](CO)(O[C@H]3O[C@H](Cn4cc(CN=C(N)N)nn4)[C@@H](O)[C@H](O)[C@H]3O)[C@@H](O)[C@@H]2O)nn1. The van der Waals surface area contributed by atoms with E-state index >= 15 is 0 Å². The molecule has 2 fully saturated rings. The zero-order valence-corrected chi connectivity index (χ0v) is 21.6. The highest BCUT2D eigenvalue weighted by Gasteiger charge is 2.58. The molecule has 9 atom stereocenters. The van der Waals surface area contributed by atoms with Gasteiger partial charge in [0, 0.05) is 0 Å². The second kappa shape index (κ2) is 12.5. The van der Waals surface area contributed by atoms with Crippen molar-refractivity contribution in [2.45, 2.75) is 81.0 Å². The molecule has 0 amide bonds. The van der Waals surface area contributed by atoms with Gasteiger partial charge in [-0.05, 0) is 0 Å². The number of guanidine groups is 2. The van der Waals surface area contributed by atoms with Crippen LogP contribution < -0.4 is 22.9 Å². The lowest BCUT2D eigenvalue weighted by Gasteiger charge is -2.43. The van der Waals surface area contributed by atoms with Gasteiger partial charge in [0.05, 0.1) is 38.6 Å². The molecule has 21 heteroatoms. The van der Waals surface area contributed by atoms with Gasteiger partial charge in [0.25, 0.3) is 0 Å². The van der Waals surface area contributed by atoms with Gasteiger partial charge < -0.3 is 67.8 Å². The van der Waals surface area contributed by atoms with Crippen LogP contribution in [0.1, 0.15) is 11.4 Å². The molecule has 2 aromatic heterocycles. The van der Waals surface area contributed by atoms with Gasteiger partial charge in [-0.3, -0.25) is 0 Å². The molecule has 0 aliphatic carbocycles. The summed E-state index contributed by atoms with van der Waals surface area (Å²) in [6.07, 6.45) is -9.74. The first kappa shape index (κ1) is 30.4. The van der Waals surface area contributed by atoms with E-state index in [9.17, 15) is 30.6 Å². The number of aromatic nitrogens is 6. The quantitative estimate of drug-likeness (QED) is 0.0862. The highest BCUT2D eigenvalue weighted by Crippen LogP contribution is 2.36. The lowest BCUT2D eigenvalue weighted by atomic mass is 9.98. The van der Waals surface area contributed by atoms with Gasteiger partial charge >= 0.3 is 0 Å². The summed E-state index contributed by atoms with van der Waals surface area (Å²) in [5, 5.41) is 78.7. The van der Waals surface area contributed by atoms with Gasteiger partial charge in [0.15, 0.2) is 18.2 Å². The normalized spacial score (nSPS) is 33.5.